The lowest BCUT2D eigenvalue weighted by atomic mass is 10.0. The van der Waals surface area contributed by atoms with E-state index in [0.29, 0.717) is 19.5 Å². The molecule has 2 N–H and O–H groups in total. The Morgan fingerprint density at radius 1 is 1.25 bits per heavy atom. The molecule has 1 fully saturated rings. The van der Waals surface area contributed by atoms with Gasteiger partial charge in [0.2, 0.25) is 0 Å². The number of hydrogen-bond acceptors (Lipinski definition) is 4. The van der Waals surface area contributed by atoms with E-state index in [0.717, 1.165) is 25.7 Å². The Bertz CT molecular complexity index is 294. The summed E-state index contributed by atoms with van der Waals surface area (Å²) >= 11 is 0. The zero-order chi connectivity index (χ0) is 12.1. The molecule has 1 rings (SSSR count). The molecular weight excluding hydrogens is 226 g/mol. The molecule has 0 radical (unpaired) electrons. The Morgan fingerprint density at radius 2 is 1.88 bits per heavy atom. The minimum absolute atomic E-state index is 0.178. The monoisotopic (exact) mass is 249 g/mol. The molecule has 0 aromatic carbocycles. The van der Waals surface area contributed by atoms with Crippen molar-refractivity contribution in [2.24, 2.45) is 0 Å². The summed E-state index contributed by atoms with van der Waals surface area (Å²) in [7, 11) is -2.89. The third-order valence-electron chi connectivity index (χ3n) is 3.09. The fourth-order valence-electron chi connectivity index (χ4n) is 2.17. The second-order valence-corrected chi connectivity index (χ2v) is 7.06. The number of aliphatic hydroxyl groups is 1. The fraction of sp³-hybridized carbons (Fsp3) is 1.00. The Labute approximate surface area is 98.4 Å². The number of sulfone groups is 1. The van der Waals surface area contributed by atoms with E-state index in [4.69, 9.17) is 0 Å². The predicted octanol–water partition coefficient (Wildman–Crippen LogP) is 0.706. The van der Waals surface area contributed by atoms with Gasteiger partial charge in [-0.15, -0.1) is 0 Å². The molecule has 1 aliphatic carbocycles. The molecule has 0 spiro atoms. The van der Waals surface area contributed by atoms with Crippen LogP contribution in [0.4, 0.5) is 0 Å². The van der Waals surface area contributed by atoms with Crippen LogP contribution < -0.4 is 5.32 Å². The maximum Gasteiger partial charge on any atom is 0.151 e. The summed E-state index contributed by atoms with van der Waals surface area (Å²) in [6.45, 7) is 2.84. The molecule has 0 atom stereocenters. The van der Waals surface area contributed by atoms with Crippen molar-refractivity contribution in [1.29, 1.82) is 0 Å². The molecule has 0 bridgehead atoms. The van der Waals surface area contributed by atoms with E-state index in [-0.39, 0.29) is 11.5 Å². The van der Waals surface area contributed by atoms with Gasteiger partial charge in [-0.05, 0) is 19.3 Å². The van der Waals surface area contributed by atoms with Crippen molar-refractivity contribution in [3.63, 3.8) is 0 Å². The quantitative estimate of drug-likeness (QED) is 0.652. The molecule has 16 heavy (non-hydrogen) atoms. The van der Waals surface area contributed by atoms with Crippen molar-refractivity contribution in [2.45, 2.75) is 44.6 Å². The largest absolute Gasteiger partial charge is 0.389 e. The molecule has 0 aliphatic heterocycles. The normalized spacial score (nSPS) is 20.1. The summed E-state index contributed by atoms with van der Waals surface area (Å²) in [6.07, 6.45) is 4.49. The summed E-state index contributed by atoms with van der Waals surface area (Å²) in [4.78, 5) is 0. The van der Waals surface area contributed by atoms with Crippen molar-refractivity contribution in [3.05, 3.63) is 0 Å². The van der Waals surface area contributed by atoms with Gasteiger partial charge in [0, 0.05) is 18.8 Å². The minimum Gasteiger partial charge on any atom is -0.389 e. The van der Waals surface area contributed by atoms with E-state index in [1.54, 1.807) is 0 Å². The van der Waals surface area contributed by atoms with Gasteiger partial charge >= 0.3 is 0 Å². The first-order valence-corrected chi connectivity index (χ1v) is 7.93. The highest BCUT2D eigenvalue weighted by Crippen LogP contribution is 2.28. The average Bonchev–Trinajstić information content (AvgIpc) is 2.61. The van der Waals surface area contributed by atoms with Crippen LogP contribution in [0.5, 0.6) is 0 Å². The summed E-state index contributed by atoms with van der Waals surface area (Å²) in [6, 6.07) is 0. The van der Waals surface area contributed by atoms with Gasteiger partial charge in [0.1, 0.15) is 0 Å². The van der Waals surface area contributed by atoms with Crippen LogP contribution in [0.1, 0.15) is 39.0 Å². The van der Waals surface area contributed by atoms with E-state index in [2.05, 4.69) is 5.32 Å². The van der Waals surface area contributed by atoms with Crippen LogP contribution in [0, 0.1) is 0 Å². The lowest BCUT2D eigenvalue weighted by Gasteiger charge is -2.22. The van der Waals surface area contributed by atoms with Crippen molar-refractivity contribution in [3.8, 4) is 0 Å². The molecule has 0 heterocycles. The Morgan fingerprint density at radius 3 is 2.44 bits per heavy atom. The number of rotatable bonds is 7. The molecular formula is C11H23NO3S. The van der Waals surface area contributed by atoms with Gasteiger partial charge in [-0.1, -0.05) is 19.8 Å². The third kappa shape index (κ3) is 4.80. The lowest BCUT2D eigenvalue weighted by Crippen LogP contribution is -2.39. The maximum atomic E-state index is 11.4. The Kier molecular flexibility index (Phi) is 5.21. The van der Waals surface area contributed by atoms with E-state index >= 15 is 0 Å². The Hall–Kier alpha value is -0.130. The van der Waals surface area contributed by atoms with Crippen LogP contribution in [-0.4, -0.2) is 43.7 Å². The fourth-order valence-corrected chi connectivity index (χ4v) is 3.45. The third-order valence-corrected chi connectivity index (χ3v) is 4.95. The van der Waals surface area contributed by atoms with Gasteiger partial charge in [0.15, 0.2) is 9.84 Å². The molecule has 0 unspecified atom stereocenters. The van der Waals surface area contributed by atoms with Crippen LogP contribution in [-0.2, 0) is 9.84 Å². The lowest BCUT2D eigenvalue weighted by molar-refractivity contribution is 0.0484. The molecule has 1 saturated carbocycles. The Balaban J connectivity index is 2.16. The van der Waals surface area contributed by atoms with Gasteiger partial charge in [0.25, 0.3) is 0 Å². The smallest absolute Gasteiger partial charge is 0.151 e. The summed E-state index contributed by atoms with van der Waals surface area (Å²) in [5, 5.41) is 13.1. The van der Waals surface area contributed by atoms with E-state index in [1.165, 1.54) is 0 Å². The summed E-state index contributed by atoms with van der Waals surface area (Å²) in [5.41, 5.74) is -0.589. The molecule has 0 aromatic rings. The van der Waals surface area contributed by atoms with Crippen molar-refractivity contribution < 1.29 is 13.5 Å². The van der Waals surface area contributed by atoms with Gasteiger partial charge in [-0.25, -0.2) is 8.42 Å². The first-order valence-electron chi connectivity index (χ1n) is 6.11. The highest BCUT2D eigenvalue weighted by molar-refractivity contribution is 7.91. The van der Waals surface area contributed by atoms with Crippen LogP contribution >= 0.6 is 0 Å². The minimum atomic E-state index is -2.89. The molecule has 5 heteroatoms. The van der Waals surface area contributed by atoms with Crippen molar-refractivity contribution in [1.82, 2.24) is 5.32 Å². The SMILES string of the molecule is CCCS(=O)(=O)CCNCC1(O)CCCC1. The first kappa shape index (κ1) is 13.9. The maximum absolute atomic E-state index is 11.4. The van der Waals surface area contributed by atoms with Crippen molar-refractivity contribution >= 4 is 9.84 Å². The van der Waals surface area contributed by atoms with Crippen LogP contribution in [0.15, 0.2) is 0 Å². The average molecular weight is 249 g/mol. The van der Waals surface area contributed by atoms with E-state index in [9.17, 15) is 13.5 Å². The summed E-state index contributed by atoms with van der Waals surface area (Å²) in [5.74, 6) is 0.440. The molecule has 96 valence electrons. The van der Waals surface area contributed by atoms with E-state index in [1.807, 2.05) is 6.92 Å². The second-order valence-electron chi connectivity index (χ2n) is 4.76. The standard InChI is InChI=1S/C11H23NO3S/c1-2-8-16(14,15)9-7-12-10-11(13)5-3-4-6-11/h12-13H,2-10H2,1H3. The molecule has 0 saturated heterocycles. The van der Waals surface area contributed by atoms with Crippen molar-refractivity contribution in [2.75, 3.05) is 24.6 Å². The second kappa shape index (κ2) is 5.98. The van der Waals surface area contributed by atoms with Crippen LogP contribution in [0.25, 0.3) is 0 Å². The zero-order valence-corrected chi connectivity index (χ0v) is 10.9. The highest BCUT2D eigenvalue weighted by Gasteiger charge is 2.30. The number of nitrogens with one attached hydrogen (secondary N) is 1. The van der Waals surface area contributed by atoms with Gasteiger partial charge < -0.3 is 10.4 Å². The highest BCUT2D eigenvalue weighted by atomic mass is 32.2. The summed E-state index contributed by atoms with van der Waals surface area (Å²) < 4.78 is 22.8. The van der Waals surface area contributed by atoms with Crippen LogP contribution in [0.2, 0.25) is 0 Å². The van der Waals surface area contributed by atoms with Gasteiger partial charge in [0.05, 0.1) is 11.4 Å². The predicted molar refractivity (Wildman–Crippen MR) is 65.2 cm³/mol. The first-order chi connectivity index (χ1) is 7.47. The zero-order valence-electron chi connectivity index (χ0n) is 10.0. The molecule has 0 aromatic heterocycles. The molecule has 4 nitrogen and oxygen atoms in total. The van der Waals surface area contributed by atoms with Gasteiger partial charge in [-0.3, -0.25) is 0 Å². The van der Waals surface area contributed by atoms with Gasteiger partial charge in [-0.2, -0.15) is 0 Å². The molecule has 1 aliphatic rings. The number of hydrogen-bond donors (Lipinski definition) is 2. The van der Waals surface area contributed by atoms with Crippen LogP contribution in [0.3, 0.4) is 0 Å². The van der Waals surface area contributed by atoms with E-state index < -0.39 is 15.4 Å². The molecule has 0 amide bonds. The topological polar surface area (TPSA) is 66.4 Å².